The number of aryl methyl sites for hydroxylation is 1. The van der Waals surface area contributed by atoms with E-state index < -0.39 is 15.9 Å². The maximum atomic E-state index is 13.1. The van der Waals surface area contributed by atoms with E-state index in [4.69, 9.17) is 0 Å². The number of anilines is 2. The molecular formula is C21H23N3O4S. The lowest BCUT2D eigenvalue weighted by molar-refractivity contribution is -0.124. The van der Waals surface area contributed by atoms with Crippen LogP contribution in [0.15, 0.2) is 47.4 Å². The molecule has 2 aliphatic heterocycles. The van der Waals surface area contributed by atoms with Crippen LogP contribution in [0.3, 0.4) is 0 Å². The molecule has 152 valence electrons. The lowest BCUT2D eigenvalue weighted by Gasteiger charge is -2.22. The van der Waals surface area contributed by atoms with Crippen molar-refractivity contribution in [3.05, 3.63) is 53.6 Å². The number of carbonyl (C=O) groups excluding carboxylic acids is 2. The third kappa shape index (κ3) is 3.54. The van der Waals surface area contributed by atoms with Crippen LogP contribution in [0.25, 0.3) is 0 Å². The highest BCUT2D eigenvalue weighted by Gasteiger charge is 2.39. The van der Waals surface area contributed by atoms with Crippen molar-refractivity contribution in [2.24, 2.45) is 5.92 Å². The van der Waals surface area contributed by atoms with Crippen molar-refractivity contribution >= 4 is 33.2 Å². The monoisotopic (exact) mass is 413 g/mol. The summed E-state index contributed by atoms with van der Waals surface area (Å²) in [6.07, 6.45) is 0.779. The molecule has 8 heteroatoms. The fraction of sp³-hybridized carbons (Fsp3) is 0.333. The van der Waals surface area contributed by atoms with Crippen LogP contribution in [0.1, 0.15) is 17.5 Å². The second-order valence-electron chi connectivity index (χ2n) is 7.48. The number of benzene rings is 2. The number of hydrogen-bond donors (Lipinski definition) is 1. The van der Waals surface area contributed by atoms with Gasteiger partial charge in [0, 0.05) is 30.9 Å². The number of carbonyl (C=O) groups is 2. The molecule has 2 aromatic carbocycles. The van der Waals surface area contributed by atoms with Gasteiger partial charge in [-0.2, -0.15) is 0 Å². The minimum Gasteiger partial charge on any atom is -0.312 e. The van der Waals surface area contributed by atoms with Crippen LogP contribution in [0.2, 0.25) is 0 Å². The highest BCUT2D eigenvalue weighted by molar-refractivity contribution is 7.89. The number of sulfonamides is 1. The summed E-state index contributed by atoms with van der Waals surface area (Å²) in [6, 6.07) is 12.5. The topological polar surface area (TPSA) is 86.8 Å². The van der Waals surface area contributed by atoms with Gasteiger partial charge in [0.05, 0.1) is 10.8 Å². The van der Waals surface area contributed by atoms with Crippen molar-refractivity contribution in [1.82, 2.24) is 4.72 Å². The summed E-state index contributed by atoms with van der Waals surface area (Å²) in [4.78, 5) is 29.2. The number of amides is 2. The van der Waals surface area contributed by atoms with Crippen molar-refractivity contribution in [2.45, 2.75) is 24.7 Å². The molecule has 1 saturated heterocycles. The quantitative estimate of drug-likeness (QED) is 0.829. The number of nitrogens with one attached hydrogen (secondary N) is 1. The minimum absolute atomic E-state index is 0.0536. The first-order valence-corrected chi connectivity index (χ1v) is 11.0. The summed E-state index contributed by atoms with van der Waals surface area (Å²) in [6.45, 7) is 2.84. The van der Waals surface area contributed by atoms with Gasteiger partial charge in [0.2, 0.25) is 21.8 Å². The van der Waals surface area contributed by atoms with Crippen molar-refractivity contribution in [3.63, 3.8) is 0 Å². The summed E-state index contributed by atoms with van der Waals surface area (Å²) in [5.74, 6) is -0.548. The molecule has 2 heterocycles. The molecule has 0 spiro atoms. The average molecular weight is 413 g/mol. The van der Waals surface area contributed by atoms with E-state index in [0.29, 0.717) is 19.5 Å². The second-order valence-corrected chi connectivity index (χ2v) is 9.37. The Bertz CT molecular complexity index is 1080. The van der Waals surface area contributed by atoms with E-state index in [-0.39, 0.29) is 23.1 Å². The van der Waals surface area contributed by atoms with Gasteiger partial charge < -0.3 is 9.80 Å². The van der Waals surface area contributed by atoms with Crippen molar-refractivity contribution < 1.29 is 18.0 Å². The molecular weight excluding hydrogens is 390 g/mol. The second kappa shape index (κ2) is 7.27. The number of hydrogen-bond acceptors (Lipinski definition) is 4. The standard InChI is InChI=1S/C21H23N3O4S/c1-14-3-5-17(6-4-14)24-13-16(12-20(24)25)21(26)23-10-9-15-11-18(7-8-19(15)23)29(27,28)22-2/h3-8,11,16,22H,9-10,12-13H2,1-2H3. The van der Waals surface area contributed by atoms with Crippen LogP contribution in [0.5, 0.6) is 0 Å². The van der Waals surface area contributed by atoms with E-state index in [1.54, 1.807) is 21.9 Å². The zero-order chi connectivity index (χ0) is 20.8. The van der Waals surface area contributed by atoms with Crippen molar-refractivity contribution in [3.8, 4) is 0 Å². The molecule has 1 unspecified atom stereocenters. The summed E-state index contributed by atoms with van der Waals surface area (Å²) < 4.78 is 26.3. The highest BCUT2D eigenvalue weighted by atomic mass is 32.2. The van der Waals surface area contributed by atoms with Crippen LogP contribution >= 0.6 is 0 Å². The Morgan fingerprint density at radius 1 is 1.14 bits per heavy atom. The molecule has 0 radical (unpaired) electrons. The van der Waals surface area contributed by atoms with Crippen LogP contribution in [-0.4, -0.2) is 40.4 Å². The maximum absolute atomic E-state index is 13.1. The van der Waals surface area contributed by atoms with Crippen LogP contribution in [0.4, 0.5) is 11.4 Å². The van der Waals surface area contributed by atoms with Gasteiger partial charge in [-0.15, -0.1) is 0 Å². The summed E-state index contributed by atoms with van der Waals surface area (Å²) in [7, 11) is -2.16. The maximum Gasteiger partial charge on any atom is 0.240 e. The van der Waals surface area contributed by atoms with E-state index in [0.717, 1.165) is 22.5 Å². The van der Waals surface area contributed by atoms with Gasteiger partial charge in [-0.25, -0.2) is 13.1 Å². The van der Waals surface area contributed by atoms with Crippen LogP contribution in [0, 0.1) is 12.8 Å². The lowest BCUT2D eigenvalue weighted by atomic mass is 10.1. The largest absolute Gasteiger partial charge is 0.312 e. The van der Waals surface area contributed by atoms with Gasteiger partial charge in [-0.3, -0.25) is 9.59 Å². The van der Waals surface area contributed by atoms with E-state index in [1.165, 1.54) is 13.1 Å². The predicted octanol–water partition coefficient (Wildman–Crippen LogP) is 1.85. The van der Waals surface area contributed by atoms with E-state index >= 15 is 0 Å². The number of nitrogens with zero attached hydrogens (tertiary/aromatic N) is 2. The van der Waals surface area contributed by atoms with Crippen LogP contribution < -0.4 is 14.5 Å². The van der Waals surface area contributed by atoms with Crippen molar-refractivity contribution in [1.29, 1.82) is 0 Å². The van der Waals surface area contributed by atoms with Gasteiger partial charge in [0.1, 0.15) is 0 Å². The first-order valence-electron chi connectivity index (χ1n) is 9.55. The Morgan fingerprint density at radius 2 is 1.86 bits per heavy atom. The average Bonchev–Trinajstić information content (AvgIpc) is 3.31. The minimum atomic E-state index is -3.53. The number of fused-ring (bicyclic) bond motifs is 1. The predicted molar refractivity (Wildman–Crippen MR) is 110 cm³/mol. The van der Waals surface area contributed by atoms with E-state index in [1.807, 2.05) is 31.2 Å². The Hall–Kier alpha value is -2.71. The van der Waals surface area contributed by atoms with Gasteiger partial charge in [0.25, 0.3) is 0 Å². The smallest absolute Gasteiger partial charge is 0.240 e. The van der Waals surface area contributed by atoms with E-state index in [2.05, 4.69) is 4.72 Å². The third-order valence-electron chi connectivity index (χ3n) is 5.61. The third-order valence-corrected chi connectivity index (χ3v) is 7.02. The molecule has 7 nitrogen and oxygen atoms in total. The Balaban J connectivity index is 1.53. The Kier molecular flexibility index (Phi) is 4.92. The molecule has 1 N–H and O–H groups in total. The zero-order valence-corrected chi connectivity index (χ0v) is 17.2. The van der Waals surface area contributed by atoms with Crippen molar-refractivity contribution in [2.75, 3.05) is 29.9 Å². The van der Waals surface area contributed by atoms with Gasteiger partial charge in [-0.1, -0.05) is 17.7 Å². The molecule has 0 saturated carbocycles. The molecule has 0 aromatic heterocycles. The fourth-order valence-electron chi connectivity index (χ4n) is 3.96. The first kappa shape index (κ1) is 19.6. The Labute approximate surface area is 170 Å². The molecule has 2 aromatic rings. The summed E-state index contributed by atoms with van der Waals surface area (Å²) in [5.41, 5.74) is 3.47. The van der Waals surface area contributed by atoms with E-state index in [9.17, 15) is 18.0 Å². The van der Waals surface area contributed by atoms with Gasteiger partial charge in [0.15, 0.2) is 0 Å². The van der Waals surface area contributed by atoms with Gasteiger partial charge in [-0.05, 0) is 56.3 Å². The summed E-state index contributed by atoms with van der Waals surface area (Å²) >= 11 is 0. The Morgan fingerprint density at radius 3 is 2.55 bits per heavy atom. The molecule has 1 fully saturated rings. The zero-order valence-electron chi connectivity index (χ0n) is 16.4. The molecule has 1 atom stereocenters. The van der Waals surface area contributed by atoms with Gasteiger partial charge >= 0.3 is 0 Å². The fourth-order valence-corrected chi connectivity index (χ4v) is 4.74. The molecule has 29 heavy (non-hydrogen) atoms. The van der Waals surface area contributed by atoms with Crippen LogP contribution in [-0.2, 0) is 26.0 Å². The number of rotatable bonds is 4. The SMILES string of the molecule is CNS(=O)(=O)c1ccc2c(c1)CCN2C(=O)C1CC(=O)N(c2ccc(C)cc2)C1. The summed E-state index contributed by atoms with van der Waals surface area (Å²) in [5, 5.41) is 0. The molecule has 4 rings (SSSR count). The highest BCUT2D eigenvalue weighted by Crippen LogP contribution is 2.34. The molecule has 0 aliphatic carbocycles. The molecule has 2 aliphatic rings. The normalized spacial score (nSPS) is 19.0. The molecule has 0 bridgehead atoms. The first-order chi connectivity index (χ1) is 13.8. The lowest BCUT2D eigenvalue weighted by Crippen LogP contribution is -2.36. The molecule has 2 amide bonds.